The molecule has 0 bridgehead atoms. The number of amides is 2. The SMILES string of the molecule is Cc1ccccc1N=C=O.Cc1ccccc1NC(=O)N(CCO[C@@H]1CCC[C@H](OCc2cccc(C)c2C(=O)O)C1)CCC(C)(C)C. The maximum atomic E-state index is 13.1. The monoisotopic (exact) mass is 657 g/mol. The number of hydrogen-bond acceptors (Lipinski definition) is 6. The number of carboxylic acid groups (broad SMARTS) is 1. The number of carbonyl (C=O) groups excluding carboxylic acids is 2. The highest BCUT2D eigenvalue weighted by molar-refractivity contribution is 5.91. The second-order valence-corrected chi connectivity index (χ2v) is 13.5. The van der Waals surface area contributed by atoms with Gasteiger partial charge in [0.25, 0.3) is 0 Å². The van der Waals surface area contributed by atoms with E-state index in [9.17, 15) is 19.5 Å². The number of hydrogen-bond donors (Lipinski definition) is 2. The predicted molar refractivity (Wildman–Crippen MR) is 190 cm³/mol. The van der Waals surface area contributed by atoms with Gasteiger partial charge >= 0.3 is 12.0 Å². The predicted octanol–water partition coefficient (Wildman–Crippen LogP) is 8.78. The summed E-state index contributed by atoms with van der Waals surface area (Å²) in [4.78, 5) is 40.0. The molecule has 0 aromatic heterocycles. The summed E-state index contributed by atoms with van der Waals surface area (Å²) >= 11 is 0. The summed E-state index contributed by atoms with van der Waals surface area (Å²) in [6.45, 7) is 14.1. The van der Waals surface area contributed by atoms with E-state index in [1.165, 1.54) is 6.08 Å². The van der Waals surface area contributed by atoms with Crippen LogP contribution in [0.5, 0.6) is 0 Å². The molecule has 1 aliphatic rings. The smallest absolute Gasteiger partial charge is 0.336 e. The lowest BCUT2D eigenvalue weighted by Crippen LogP contribution is -2.40. The summed E-state index contributed by atoms with van der Waals surface area (Å²) < 4.78 is 12.4. The highest BCUT2D eigenvalue weighted by Crippen LogP contribution is 2.26. The standard InChI is InChI=1S/C31H44N2O5.C8H7NO/c1-22-10-6-7-15-27(22)32-30(36)33(17-16-31(3,4)5)18-19-37-25-13-9-14-26(20-25)38-21-24-12-8-11-23(2)28(24)29(34)35;1-7-4-2-3-5-8(7)9-6-10/h6-8,10-12,15,25-26H,9,13-14,16-21H2,1-5H3,(H,32,36)(H,34,35);2-5H,1H3/t25-,26+;/m1./s1. The number of ether oxygens (including phenoxy) is 2. The highest BCUT2D eigenvalue weighted by atomic mass is 16.5. The molecular formula is C39H51N3O6. The lowest BCUT2D eigenvalue weighted by molar-refractivity contribution is -0.0524. The Bertz CT molecular complexity index is 1540. The van der Waals surface area contributed by atoms with Crippen LogP contribution in [0.15, 0.2) is 71.7 Å². The molecule has 48 heavy (non-hydrogen) atoms. The van der Waals surface area contributed by atoms with Crippen LogP contribution >= 0.6 is 0 Å². The quantitative estimate of drug-likeness (QED) is 0.149. The van der Waals surface area contributed by atoms with E-state index in [4.69, 9.17) is 9.47 Å². The van der Waals surface area contributed by atoms with Crippen LogP contribution in [-0.2, 0) is 20.9 Å². The highest BCUT2D eigenvalue weighted by Gasteiger charge is 2.25. The number of benzene rings is 3. The van der Waals surface area contributed by atoms with Crippen molar-refractivity contribution in [1.82, 2.24) is 4.90 Å². The first-order valence-corrected chi connectivity index (χ1v) is 16.7. The number of rotatable bonds is 12. The lowest BCUT2D eigenvalue weighted by atomic mass is 9.92. The number of nitrogens with one attached hydrogen (secondary N) is 1. The fraction of sp³-hybridized carbons (Fsp3) is 0.462. The van der Waals surface area contributed by atoms with Gasteiger partial charge in [-0.3, -0.25) is 0 Å². The van der Waals surface area contributed by atoms with Crippen LogP contribution in [0.25, 0.3) is 0 Å². The Morgan fingerprint density at radius 2 is 1.54 bits per heavy atom. The van der Waals surface area contributed by atoms with Crippen LogP contribution in [0.3, 0.4) is 0 Å². The van der Waals surface area contributed by atoms with Crippen molar-refractivity contribution in [3.8, 4) is 0 Å². The van der Waals surface area contributed by atoms with Crippen LogP contribution in [0, 0.1) is 26.2 Å². The van der Waals surface area contributed by atoms with Gasteiger partial charge in [0.05, 0.1) is 36.7 Å². The molecule has 1 saturated carbocycles. The molecule has 0 saturated heterocycles. The second-order valence-electron chi connectivity index (χ2n) is 13.5. The van der Waals surface area contributed by atoms with Crippen molar-refractivity contribution in [3.05, 3.63) is 94.5 Å². The molecule has 3 aromatic carbocycles. The first-order chi connectivity index (χ1) is 22.9. The van der Waals surface area contributed by atoms with Gasteiger partial charge in [0, 0.05) is 18.8 Å². The van der Waals surface area contributed by atoms with Crippen molar-refractivity contribution in [2.45, 2.75) is 92.5 Å². The number of carbonyl (C=O) groups is 2. The number of anilines is 1. The molecule has 4 rings (SSSR count). The Morgan fingerprint density at radius 3 is 2.19 bits per heavy atom. The van der Waals surface area contributed by atoms with Gasteiger partial charge in [-0.25, -0.2) is 14.4 Å². The minimum atomic E-state index is -0.922. The molecule has 0 radical (unpaired) electrons. The van der Waals surface area contributed by atoms with E-state index < -0.39 is 5.97 Å². The van der Waals surface area contributed by atoms with Gasteiger partial charge in [0.15, 0.2) is 0 Å². The first kappa shape index (κ1) is 38.2. The minimum Gasteiger partial charge on any atom is -0.478 e. The van der Waals surface area contributed by atoms with Crippen molar-refractivity contribution >= 4 is 29.5 Å². The molecule has 0 spiro atoms. The lowest BCUT2D eigenvalue weighted by Gasteiger charge is -2.31. The molecule has 1 aliphatic carbocycles. The molecular weight excluding hydrogens is 606 g/mol. The van der Waals surface area contributed by atoms with Crippen LogP contribution < -0.4 is 5.32 Å². The van der Waals surface area contributed by atoms with Crippen molar-refractivity contribution in [2.24, 2.45) is 10.4 Å². The van der Waals surface area contributed by atoms with Gasteiger partial charge in [0.2, 0.25) is 6.08 Å². The number of urea groups is 1. The number of aromatic carboxylic acids is 1. The summed E-state index contributed by atoms with van der Waals surface area (Å²) in [7, 11) is 0. The zero-order chi connectivity index (χ0) is 35.1. The van der Waals surface area contributed by atoms with E-state index in [2.05, 4.69) is 31.1 Å². The van der Waals surface area contributed by atoms with Crippen molar-refractivity contribution in [1.29, 1.82) is 0 Å². The van der Waals surface area contributed by atoms with Gasteiger partial charge < -0.3 is 24.8 Å². The first-order valence-electron chi connectivity index (χ1n) is 16.7. The van der Waals surface area contributed by atoms with Gasteiger partial charge in [-0.2, -0.15) is 4.99 Å². The van der Waals surface area contributed by atoms with Gasteiger partial charge in [-0.05, 0) is 92.7 Å². The zero-order valence-electron chi connectivity index (χ0n) is 29.3. The van der Waals surface area contributed by atoms with E-state index in [1.54, 1.807) is 6.07 Å². The molecule has 258 valence electrons. The van der Waals surface area contributed by atoms with E-state index >= 15 is 0 Å². The number of carboxylic acids is 1. The van der Waals surface area contributed by atoms with Crippen LogP contribution in [-0.4, -0.2) is 60.0 Å². The number of para-hydroxylation sites is 2. The van der Waals surface area contributed by atoms with Crippen molar-refractivity contribution in [3.63, 3.8) is 0 Å². The van der Waals surface area contributed by atoms with E-state index in [0.717, 1.165) is 54.5 Å². The molecule has 2 N–H and O–H groups in total. The average Bonchev–Trinajstić information content (AvgIpc) is 3.04. The summed E-state index contributed by atoms with van der Waals surface area (Å²) in [5.74, 6) is -0.922. The molecule has 3 aromatic rings. The molecule has 0 heterocycles. The summed E-state index contributed by atoms with van der Waals surface area (Å²) in [6, 6.07) is 20.6. The maximum absolute atomic E-state index is 13.1. The topological polar surface area (TPSA) is 118 Å². The Labute approximate surface area is 285 Å². The fourth-order valence-corrected chi connectivity index (χ4v) is 5.53. The van der Waals surface area contributed by atoms with Crippen LogP contribution in [0.4, 0.5) is 16.2 Å². The van der Waals surface area contributed by atoms with Crippen LogP contribution in [0.1, 0.15) is 85.5 Å². The average molecular weight is 658 g/mol. The maximum Gasteiger partial charge on any atom is 0.336 e. The van der Waals surface area contributed by atoms with Crippen molar-refractivity contribution in [2.75, 3.05) is 25.0 Å². The van der Waals surface area contributed by atoms with E-state index in [0.29, 0.717) is 36.5 Å². The molecule has 2 amide bonds. The third-order valence-electron chi connectivity index (χ3n) is 8.43. The van der Waals surface area contributed by atoms with Gasteiger partial charge in [0.1, 0.15) is 0 Å². The summed E-state index contributed by atoms with van der Waals surface area (Å²) in [5, 5.41) is 12.6. The molecule has 9 nitrogen and oxygen atoms in total. The molecule has 1 fully saturated rings. The number of nitrogens with zero attached hydrogens (tertiary/aromatic N) is 2. The normalized spacial score (nSPS) is 15.8. The van der Waals surface area contributed by atoms with Gasteiger partial charge in [-0.15, -0.1) is 0 Å². The number of aliphatic imine (C=N–C) groups is 1. The number of aryl methyl sites for hydroxylation is 3. The summed E-state index contributed by atoms with van der Waals surface area (Å²) in [5.41, 5.74) is 5.43. The Kier molecular flexibility index (Phi) is 15.0. The Balaban J connectivity index is 0.000000533. The molecule has 0 aliphatic heterocycles. The second kappa shape index (κ2) is 18.9. The third-order valence-corrected chi connectivity index (χ3v) is 8.43. The molecule has 2 atom stereocenters. The zero-order valence-corrected chi connectivity index (χ0v) is 29.3. The fourth-order valence-electron chi connectivity index (χ4n) is 5.53. The van der Waals surface area contributed by atoms with Crippen molar-refractivity contribution < 1.29 is 29.0 Å². The third kappa shape index (κ3) is 12.7. The molecule has 9 heteroatoms. The Hall–Kier alpha value is -4.30. The van der Waals surface area contributed by atoms with E-state index in [-0.39, 0.29) is 30.3 Å². The summed E-state index contributed by atoms with van der Waals surface area (Å²) in [6.07, 6.45) is 6.14. The van der Waals surface area contributed by atoms with E-state index in [1.807, 2.05) is 86.3 Å². The minimum absolute atomic E-state index is 0.0252. The van der Waals surface area contributed by atoms with Gasteiger partial charge in [-0.1, -0.05) is 75.4 Å². The van der Waals surface area contributed by atoms with Crippen LogP contribution in [0.2, 0.25) is 0 Å². The Morgan fingerprint density at radius 1 is 0.896 bits per heavy atom. The largest absolute Gasteiger partial charge is 0.478 e. The molecule has 0 unspecified atom stereocenters. The number of isocyanates is 1.